The molecule has 0 radical (unpaired) electrons. The summed E-state index contributed by atoms with van der Waals surface area (Å²) in [6.07, 6.45) is 9.22. The Kier molecular flexibility index (Phi) is 6.13. The Balaban J connectivity index is 1.59. The number of carbonyl (C=O) groups excluding carboxylic acids is 1. The van der Waals surface area contributed by atoms with Crippen molar-refractivity contribution in [2.24, 2.45) is 5.92 Å². The van der Waals surface area contributed by atoms with E-state index in [0.717, 1.165) is 12.8 Å². The Morgan fingerprint density at radius 3 is 2.76 bits per heavy atom. The highest BCUT2D eigenvalue weighted by Crippen LogP contribution is 2.37. The molecule has 25 heavy (non-hydrogen) atoms. The van der Waals surface area contributed by atoms with Gasteiger partial charge in [-0.3, -0.25) is 9.59 Å². The van der Waals surface area contributed by atoms with Gasteiger partial charge >= 0.3 is 5.97 Å². The van der Waals surface area contributed by atoms with Crippen molar-refractivity contribution in [1.82, 2.24) is 4.90 Å². The van der Waals surface area contributed by atoms with Gasteiger partial charge in [-0.2, -0.15) is 0 Å². The zero-order valence-electron chi connectivity index (χ0n) is 14.6. The van der Waals surface area contributed by atoms with Crippen LogP contribution in [0.2, 0.25) is 0 Å². The number of piperidine rings is 1. The van der Waals surface area contributed by atoms with E-state index in [9.17, 15) is 14.7 Å². The molecule has 2 aliphatic rings. The molecular weight excluding hydrogens is 322 g/mol. The lowest BCUT2D eigenvalue weighted by molar-refractivity contribution is -0.153. The number of furan rings is 1. The third-order valence-corrected chi connectivity index (χ3v) is 5.31. The van der Waals surface area contributed by atoms with Crippen LogP contribution in [0.5, 0.6) is 0 Å². The fraction of sp³-hybridized carbons (Fsp3) is 0.684. The second-order valence-corrected chi connectivity index (χ2v) is 7.02. The van der Waals surface area contributed by atoms with Gasteiger partial charge in [0.2, 0.25) is 5.91 Å². The molecule has 1 saturated heterocycles. The van der Waals surface area contributed by atoms with E-state index in [1.165, 1.54) is 25.5 Å². The average molecular weight is 349 g/mol. The Morgan fingerprint density at radius 2 is 2.08 bits per heavy atom. The van der Waals surface area contributed by atoms with Gasteiger partial charge in [0.25, 0.3) is 0 Å². The third kappa shape index (κ3) is 4.42. The van der Waals surface area contributed by atoms with Gasteiger partial charge in [-0.15, -0.1) is 0 Å². The molecule has 1 aromatic rings. The molecule has 1 aromatic heterocycles. The number of aliphatic carboxylic acids is 1. The van der Waals surface area contributed by atoms with Gasteiger partial charge in [0.15, 0.2) is 0 Å². The standard InChI is InChI=1S/C19H27NO5/c21-17-10-9-15(19(22)23)18(16-8-4-12-25-16)20(17)11-5-13-24-14-6-2-1-3-7-14/h4,8,12,14-15,18H,1-3,5-7,9-11,13H2,(H,22,23). The summed E-state index contributed by atoms with van der Waals surface area (Å²) in [5.41, 5.74) is 0. The first-order valence-corrected chi connectivity index (χ1v) is 9.34. The molecule has 6 heteroatoms. The zero-order chi connectivity index (χ0) is 17.6. The van der Waals surface area contributed by atoms with Crippen LogP contribution < -0.4 is 0 Å². The molecule has 1 saturated carbocycles. The summed E-state index contributed by atoms with van der Waals surface area (Å²) in [4.78, 5) is 25.7. The first kappa shape index (κ1) is 18.0. The summed E-state index contributed by atoms with van der Waals surface area (Å²) in [5.74, 6) is -0.953. The maximum Gasteiger partial charge on any atom is 0.309 e. The number of likely N-dealkylation sites (tertiary alicyclic amines) is 1. The van der Waals surface area contributed by atoms with Gasteiger partial charge in [0.1, 0.15) is 11.8 Å². The van der Waals surface area contributed by atoms with Crippen molar-refractivity contribution in [3.63, 3.8) is 0 Å². The normalized spacial score (nSPS) is 25.3. The van der Waals surface area contributed by atoms with Crippen LogP contribution in [-0.2, 0) is 14.3 Å². The number of nitrogens with zero attached hydrogens (tertiary/aromatic N) is 1. The van der Waals surface area contributed by atoms with Gasteiger partial charge in [-0.25, -0.2) is 0 Å². The SMILES string of the molecule is O=C(O)C1CCC(=O)N(CCCOC2CCCCC2)C1c1ccco1. The molecule has 0 aromatic carbocycles. The molecule has 2 atom stereocenters. The molecule has 6 nitrogen and oxygen atoms in total. The first-order valence-electron chi connectivity index (χ1n) is 9.34. The van der Waals surface area contributed by atoms with Gasteiger partial charge < -0.3 is 19.2 Å². The lowest BCUT2D eigenvalue weighted by Gasteiger charge is -2.38. The van der Waals surface area contributed by atoms with Gasteiger partial charge in [-0.1, -0.05) is 19.3 Å². The summed E-state index contributed by atoms with van der Waals surface area (Å²) in [7, 11) is 0. The van der Waals surface area contributed by atoms with Gasteiger partial charge in [-0.05, 0) is 37.8 Å². The molecular formula is C19H27NO5. The minimum Gasteiger partial charge on any atom is -0.481 e. The fourth-order valence-corrected chi connectivity index (χ4v) is 4.00. The van der Waals surface area contributed by atoms with Crippen molar-refractivity contribution in [2.45, 2.75) is 63.5 Å². The van der Waals surface area contributed by atoms with Crippen molar-refractivity contribution < 1.29 is 23.8 Å². The quantitative estimate of drug-likeness (QED) is 0.763. The van der Waals surface area contributed by atoms with E-state index in [-0.39, 0.29) is 12.3 Å². The number of carbonyl (C=O) groups is 2. The van der Waals surface area contributed by atoms with Crippen LogP contribution >= 0.6 is 0 Å². The molecule has 1 aliphatic heterocycles. The van der Waals surface area contributed by atoms with E-state index in [4.69, 9.17) is 9.15 Å². The van der Waals surface area contributed by atoms with Crippen molar-refractivity contribution in [2.75, 3.05) is 13.2 Å². The molecule has 138 valence electrons. The number of carboxylic acids is 1. The molecule has 2 unspecified atom stereocenters. The van der Waals surface area contributed by atoms with Crippen LogP contribution in [0.15, 0.2) is 22.8 Å². The number of ether oxygens (including phenoxy) is 1. The lowest BCUT2D eigenvalue weighted by atomic mass is 9.87. The number of hydrogen-bond acceptors (Lipinski definition) is 4. The van der Waals surface area contributed by atoms with Crippen LogP contribution in [-0.4, -0.2) is 41.1 Å². The predicted molar refractivity (Wildman–Crippen MR) is 91.0 cm³/mol. The fourth-order valence-electron chi connectivity index (χ4n) is 4.00. The Hall–Kier alpha value is -1.82. The van der Waals surface area contributed by atoms with Crippen LogP contribution in [0.4, 0.5) is 0 Å². The second-order valence-electron chi connectivity index (χ2n) is 7.02. The molecule has 2 fully saturated rings. The molecule has 1 N–H and O–H groups in total. The van der Waals surface area contributed by atoms with Crippen LogP contribution in [0.3, 0.4) is 0 Å². The van der Waals surface area contributed by atoms with Crippen LogP contribution in [0.1, 0.15) is 63.2 Å². The smallest absolute Gasteiger partial charge is 0.309 e. The molecule has 3 rings (SSSR count). The number of amides is 1. The molecule has 0 bridgehead atoms. The van der Waals surface area contributed by atoms with Crippen LogP contribution in [0, 0.1) is 5.92 Å². The summed E-state index contributed by atoms with van der Waals surface area (Å²) < 4.78 is 11.4. The average Bonchev–Trinajstić information content (AvgIpc) is 3.14. The number of hydrogen-bond donors (Lipinski definition) is 1. The van der Waals surface area contributed by atoms with Gasteiger partial charge in [0.05, 0.1) is 18.3 Å². The summed E-state index contributed by atoms with van der Waals surface area (Å²) in [5, 5.41) is 9.55. The van der Waals surface area contributed by atoms with Crippen molar-refractivity contribution in [1.29, 1.82) is 0 Å². The maximum absolute atomic E-state index is 12.4. The van der Waals surface area contributed by atoms with E-state index < -0.39 is 17.9 Å². The van der Waals surface area contributed by atoms with Crippen molar-refractivity contribution in [3.05, 3.63) is 24.2 Å². The summed E-state index contributed by atoms with van der Waals surface area (Å²) in [6, 6.07) is 2.96. The largest absolute Gasteiger partial charge is 0.481 e. The van der Waals surface area contributed by atoms with Crippen LogP contribution in [0.25, 0.3) is 0 Å². The topological polar surface area (TPSA) is 80.0 Å². The molecule has 1 amide bonds. The third-order valence-electron chi connectivity index (χ3n) is 5.31. The molecule has 2 heterocycles. The highest BCUT2D eigenvalue weighted by atomic mass is 16.5. The minimum absolute atomic E-state index is 0.00318. The number of carboxylic acid groups (broad SMARTS) is 1. The predicted octanol–water partition coefficient (Wildman–Crippen LogP) is 3.38. The Labute approximate surface area is 148 Å². The summed E-state index contributed by atoms with van der Waals surface area (Å²) >= 11 is 0. The van der Waals surface area contributed by atoms with Gasteiger partial charge in [0, 0.05) is 19.6 Å². The highest BCUT2D eigenvalue weighted by molar-refractivity contribution is 5.81. The van der Waals surface area contributed by atoms with E-state index >= 15 is 0 Å². The van der Waals surface area contributed by atoms with Crippen molar-refractivity contribution in [3.8, 4) is 0 Å². The first-order chi connectivity index (χ1) is 12.2. The minimum atomic E-state index is -0.877. The Morgan fingerprint density at radius 1 is 1.28 bits per heavy atom. The zero-order valence-corrected chi connectivity index (χ0v) is 14.6. The highest BCUT2D eigenvalue weighted by Gasteiger charge is 2.41. The number of rotatable bonds is 7. The van der Waals surface area contributed by atoms with Crippen molar-refractivity contribution >= 4 is 11.9 Å². The summed E-state index contributed by atoms with van der Waals surface area (Å²) in [6.45, 7) is 1.11. The van der Waals surface area contributed by atoms with E-state index in [1.807, 2.05) is 0 Å². The maximum atomic E-state index is 12.4. The molecule has 1 aliphatic carbocycles. The van der Waals surface area contributed by atoms with E-state index in [2.05, 4.69) is 0 Å². The second kappa shape index (κ2) is 8.52. The monoisotopic (exact) mass is 349 g/mol. The Bertz CT molecular complexity index is 564. The lowest BCUT2D eigenvalue weighted by Crippen LogP contribution is -2.45. The van der Waals surface area contributed by atoms with E-state index in [1.54, 1.807) is 17.0 Å². The molecule has 0 spiro atoms. The van der Waals surface area contributed by atoms with E-state index in [0.29, 0.717) is 37.9 Å².